The van der Waals surface area contributed by atoms with E-state index >= 15 is 0 Å². The molecule has 0 saturated carbocycles. The molecule has 0 aliphatic carbocycles. The van der Waals surface area contributed by atoms with Gasteiger partial charge in [0.25, 0.3) is 0 Å². The van der Waals surface area contributed by atoms with Gasteiger partial charge in [-0.15, -0.1) is 0 Å². The van der Waals surface area contributed by atoms with E-state index in [-0.39, 0.29) is 18.1 Å². The summed E-state index contributed by atoms with van der Waals surface area (Å²) >= 11 is 0. The minimum absolute atomic E-state index is 0.0462. The van der Waals surface area contributed by atoms with Crippen molar-refractivity contribution in [3.05, 3.63) is 87.6 Å². The number of nitrogens with zero attached hydrogens (tertiary/aromatic N) is 4. The molecule has 2 aromatic carbocycles. The molecule has 156 valence electrons. The Bertz CT molecular complexity index is 1140. The second-order valence-corrected chi connectivity index (χ2v) is 6.20. The minimum Gasteiger partial charge on any atom is -0.490 e. The Morgan fingerprint density at radius 1 is 1.19 bits per heavy atom. The summed E-state index contributed by atoms with van der Waals surface area (Å²) in [6, 6.07) is 17.4. The molecule has 0 bridgehead atoms. The van der Waals surface area contributed by atoms with Gasteiger partial charge in [0.15, 0.2) is 11.5 Å². The van der Waals surface area contributed by atoms with Crippen molar-refractivity contribution in [3.63, 3.8) is 0 Å². The molecular weight excluding hydrogens is 398 g/mol. The van der Waals surface area contributed by atoms with Crippen molar-refractivity contribution < 1.29 is 14.4 Å². The number of nitro groups is 1. The van der Waals surface area contributed by atoms with E-state index in [4.69, 9.17) is 9.47 Å². The molecule has 1 N–H and O–H groups in total. The number of aromatic nitrogens is 1. The number of ether oxygens (including phenoxy) is 2. The monoisotopic (exact) mass is 417 g/mol. The molecule has 1 heterocycles. The summed E-state index contributed by atoms with van der Waals surface area (Å²) in [5, 5.41) is 24.3. The number of hydrazone groups is 1. The fraction of sp³-hybridized carbons (Fsp3) is 0.136. The lowest BCUT2D eigenvalue weighted by Gasteiger charge is -2.13. The summed E-state index contributed by atoms with van der Waals surface area (Å²) < 4.78 is 11.5. The van der Waals surface area contributed by atoms with Crippen molar-refractivity contribution in [1.82, 2.24) is 4.98 Å². The number of hydrogen-bond acceptors (Lipinski definition) is 8. The first-order valence-electron chi connectivity index (χ1n) is 9.38. The van der Waals surface area contributed by atoms with Crippen LogP contribution in [0.25, 0.3) is 0 Å². The first kappa shape index (κ1) is 21.3. The number of pyridine rings is 1. The molecule has 0 aliphatic heterocycles. The molecule has 3 aromatic rings. The normalized spacial score (nSPS) is 10.5. The van der Waals surface area contributed by atoms with E-state index in [0.29, 0.717) is 29.2 Å². The fourth-order valence-corrected chi connectivity index (χ4v) is 2.70. The Balaban J connectivity index is 1.73. The van der Waals surface area contributed by atoms with Gasteiger partial charge >= 0.3 is 5.69 Å². The quantitative estimate of drug-likeness (QED) is 0.313. The minimum atomic E-state index is -0.533. The van der Waals surface area contributed by atoms with Gasteiger partial charge in [0, 0.05) is 17.8 Å². The highest BCUT2D eigenvalue weighted by Gasteiger charge is 2.13. The highest BCUT2D eigenvalue weighted by Crippen LogP contribution is 2.29. The van der Waals surface area contributed by atoms with Gasteiger partial charge in [-0.3, -0.25) is 15.5 Å². The lowest BCUT2D eigenvalue weighted by atomic mass is 10.1. The molecule has 0 aliphatic rings. The molecule has 31 heavy (non-hydrogen) atoms. The van der Waals surface area contributed by atoms with Crippen LogP contribution < -0.4 is 14.9 Å². The number of hydrogen-bond donors (Lipinski definition) is 1. The summed E-state index contributed by atoms with van der Waals surface area (Å²) in [6.45, 7) is 2.52. The van der Waals surface area contributed by atoms with Gasteiger partial charge in [0.1, 0.15) is 6.61 Å². The molecule has 1 aromatic heterocycles. The van der Waals surface area contributed by atoms with Gasteiger partial charge in [-0.2, -0.15) is 10.4 Å². The standard InChI is InChI=1S/C22H19N5O4/c1-2-30-21-12-16(14-25-26-22-19(27(28)29)8-5-11-24-22)9-10-20(21)31-15-18-7-4-3-6-17(18)13-23/h3-12,14H,2,15H2,1H3,(H,24,26)/b25-14-. The number of rotatable bonds is 9. The van der Waals surface area contributed by atoms with Crippen LogP contribution in [-0.2, 0) is 6.61 Å². The Kier molecular flexibility index (Phi) is 7.11. The smallest absolute Gasteiger partial charge is 0.313 e. The SMILES string of the molecule is CCOc1cc(/C=N\Nc2ncccc2[N+](=O)[O-])ccc1OCc1ccccc1C#N. The first-order chi connectivity index (χ1) is 15.1. The van der Waals surface area contributed by atoms with E-state index in [0.717, 1.165) is 5.56 Å². The van der Waals surface area contributed by atoms with Gasteiger partial charge < -0.3 is 9.47 Å². The summed E-state index contributed by atoms with van der Waals surface area (Å²) in [7, 11) is 0. The highest BCUT2D eigenvalue weighted by atomic mass is 16.6. The van der Waals surface area contributed by atoms with E-state index in [9.17, 15) is 15.4 Å². The third-order valence-electron chi connectivity index (χ3n) is 4.16. The van der Waals surface area contributed by atoms with Crippen molar-refractivity contribution >= 4 is 17.7 Å². The summed E-state index contributed by atoms with van der Waals surface area (Å²) in [4.78, 5) is 14.4. The number of benzene rings is 2. The first-order valence-corrected chi connectivity index (χ1v) is 9.38. The van der Waals surface area contributed by atoms with Crippen LogP contribution in [0.15, 0.2) is 65.9 Å². The molecule has 3 rings (SSSR count). The maximum Gasteiger partial charge on any atom is 0.313 e. The Labute approximate surface area is 178 Å². The molecular formula is C22H19N5O4. The molecule has 0 unspecified atom stereocenters. The molecule has 0 amide bonds. The second kappa shape index (κ2) is 10.4. The number of nitriles is 1. The second-order valence-electron chi connectivity index (χ2n) is 6.20. The van der Waals surface area contributed by atoms with Crippen LogP contribution in [0.2, 0.25) is 0 Å². The van der Waals surface area contributed by atoms with Gasteiger partial charge in [-0.25, -0.2) is 4.98 Å². The third kappa shape index (κ3) is 5.55. The predicted molar refractivity (Wildman–Crippen MR) is 115 cm³/mol. The van der Waals surface area contributed by atoms with E-state index in [1.807, 2.05) is 19.1 Å². The molecule has 0 fully saturated rings. The lowest BCUT2D eigenvalue weighted by molar-refractivity contribution is -0.384. The van der Waals surface area contributed by atoms with Gasteiger partial charge in [0.2, 0.25) is 5.82 Å². The molecule has 9 nitrogen and oxygen atoms in total. The van der Waals surface area contributed by atoms with Gasteiger partial charge in [0.05, 0.1) is 29.4 Å². The van der Waals surface area contributed by atoms with Crippen molar-refractivity contribution in [1.29, 1.82) is 5.26 Å². The van der Waals surface area contributed by atoms with Crippen LogP contribution >= 0.6 is 0 Å². The number of nitrogens with one attached hydrogen (secondary N) is 1. The number of anilines is 1. The Morgan fingerprint density at radius 3 is 2.81 bits per heavy atom. The van der Waals surface area contributed by atoms with Crippen molar-refractivity contribution in [3.8, 4) is 17.6 Å². The maximum absolute atomic E-state index is 11.0. The van der Waals surface area contributed by atoms with Crippen molar-refractivity contribution in [2.75, 3.05) is 12.0 Å². The van der Waals surface area contributed by atoms with Gasteiger partial charge in [-0.1, -0.05) is 18.2 Å². The molecule has 0 saturated heterocycles. The molecule has 0 atom stereocenters. The summed E-state index contributed by atoms with van der Waals surface area (Å²) in [5.41, 5.74) is 4.44. The average Bonchev–Trinajstić information content (AvgIpc) is 2.79. The van der Waals surface area contributed by atoms with Crippen LogP contribution in [-0.4, -0.2) is 22.7 Å². The third-order valence-corrected chi connectivity index (χ3v) is 4.16. The fourth-order valence-electron chi connectivity index (χ4n) is 2.70. The van der Waals surface area contributed by atoms with E-state index in [1.54, 1.807) is 30.3 Å². The molecule has 0 radical (unpaired) electrons. The summed E-state index contributed by atoms with van der Waals surface area (Å²) in [6.07, 6.45) is 2.93. The molecule has 9 heteroatoms. The van der Waals surface area contributed by atoms with E-state index in [2.05, 4.69) is 21.6 Å². The van der Waals surface area contributed by atoms with Crippen molar-refractivity contribution in [2.24, 2.45) is 5.10 Å². The Morgan fingerprint density at radius 2 is 2.03 bits per heavy atom. The van der Waals surface area contributed by atoms with Gasteiger partial charge in [-0.05, 0) is 42.8 Å². The lowest BCUT2D eigenvalue weighted by Crippen LogP contribution is -2.02. The van der Waals surface area contributed by atoms with Crippen molar-refractivity contribution in [2.45, 2.75) is 13.5 Å². The summed E-state index contributed by atoms with van der Waals surface area (Å²) in [5.74, 6) is 1.09. The van der Waals surface area contributed by atoms with Crippen LogP contribution in [0.1, 0.15) is 23.6 Å². The van der Waals surface area contributed by atoms with E-state index < -0.39 is 4.92 Å². The molecule has 0 spiro atoms. The average molecular weight is 417 g/mol. The van der Waals surface area contributed by atoms with E-state index in [1.165, 1.54) is 24.5 Å². The van der Waals surface area contributed by atoms with Crippen LogP contribution in [0, 0.1) is 21.4 Å². The maximum atomic E-state index is 11.0. The van der Waals surface area contributed by atoms with Crippen LogP contribution in [0.3, 0.4) is 0 Å². The topological polar surface area (TPSA) is 123 Å². The zero-order valence-electron chi connectivity index (χ0n) is 16.7. The van der Waals surface area contributed by atoms with Crippen LogP contribution in [0.4, 0.5) is 11.5 Å². The highest BCUT2D eigenvalue weighted by molar-refractivity contribution is 5.81. The van der Waals surface area contributed by atoms with Crippen LogP contribution in [0.5, 0.6) is 11.5 Å². The zero-order valence-corrected chi connectivity index (χ0v) is 16.7. The largest absolute Gasteiger partial charge is 0.490 e. The zero-order chi connectivity index (χ0) is 22.1. The predicted octanol–water partition coefficient (Wildman–Crippen LogP) is 4.29. The Hall–Kier alpha value is -4.45.